The number of H-pyrrole nitrogens is 1. The molecule has 3 N–H and O–H groups in total. The number of nitrogens with two attached hydrogens (primary N) is 1. The van der Waals surface area contributed by atoms with Crippen LogP contribution in [0.25, 0.3) is 22.4 Å². The monoisotopic (exact) mass is 417 g/mol. The fraction of sp³-hybridized carbons (Fsp3) is 0.292. The van der Waals surface area contributed by atoms with Gasteiger partial charge in [-0.3, -0.25) is 0 Å². The van der Waals surface area contributed by atoms with Crippen molar-refractivity contribution in [1.29, 1.82) is 0 Å². The standard InChI is InChI=1S/C24H27N5O2/c1-16-5-3-4-6-19(11-16)31-23-12-17(7-10-22(23)30-2)24-28-20-9-8-18(13-21(20)29-24)27-15-26-14-25/h7-15,19H,3-6H2,1-2H3,(H,28,29)(H2,25,26,27). The summed E-state index contributed by atoms with van der Waals surface area (Å²) in [6.07, 6.45) is 9.42. The van der Waals surface area contributed by atoms with Gasteiger partial charge in [0.2, 0.25) is 0 Å². The number of methoxy groups -OCH3 is 1. The molecule has 0 spiro atoms. The van der Waals surface area contributed by atoms with E-state index < -0.39 is 0 Å². The summed E-state index contributed by atoms with van der Waals surface area (Å²) in [6, 6.07) is 11.6. The highest BCUT2D eigenvalue weighted by molar-refractivity contribution is 5.83. The van der Waals surface area contributed by atoms with Crippen molar-refractivity contribution < 1.29 is 9.47 Å². The lowest BCUT2D eigenvalue weighted by Crippen LogP contribution is -2.13. The van der Waals surface area contributed by atoms with E-state index in [4.69, 9.17) is 20.2 Å². The van der Waals surface area contributed by atoms with Gasteiger partial charge >= 0.3 is 0 Å². The number of fused-ring (bicyclic) bond motifs is 1. The van der Waals surface area contributed by atoms with Crippen LogP contribution in [0.5, 0.6) is 11.5 Å². The number of nitrogens with one attached hydrogen (secondary N) is 1. The van der Waals surface area contributed by atoms with Gasteiger partial charge in [-0.05, 0) is 75.1 Å². The van der Waals surface area contributed by atoms with Gasteiger partial charge in [0.25, 0.3) is 0 Å². The van der Waals surface area contributed by atoms with Crippen molar-refractivity contribution in [2.75, 3.05) is 7.11 Å². The van der Waals surface area contributed by atoms with Crippen LogP contribution in [0, 0.1) is 0 Å². The molecule has 0 bridgehead atoms. The molecule has 0 saturated heterocycles. The van der Waals surface area contributed by atoms with Crippen LogP contribution >= 0.6 is 0 Å². The van der Waals surface area contributed by atoms with E-state index in [-0.39, 0.29) is 6.10 Å². The summed E-state index contributed by atoms with van der Waals surface area (Å²) in [5.41, 5.74) is 10.1. The molecule has 1 unspecified atom stereocenters. The zero-order chi connectivity index (χ0) is 21.6. The van der Waals surface area contributed by atoms with E-state index in [0.717, 1.165) is 53.1 Å². The third kappa shape index (κ3) is 4.94. The third-order valence-electron chi connectivity index (χ3n) is 5.32. The van der Waals surface area contributed by atoms with Gasteiger partial charge < -0.3 is 20.2 Å². The van der Waals surface area contributed by atoms with Crippen LogP contribution in [-0.2, 0) is 0 Å². The number of benzene rings is 2. The van der Waals surface area contributed by atoms with E-state index in [2.05, 4.69) is 28.0 Å². The Balaban J connectivity index is 1.64. The minimum Gasteiger partial charge on any atom is -0.493 e. The number of ether oxygens (including phenoxy) is 2. The minimum absolute atomic E-state index is 0.0546. The van der Waals surface area contributed by atoms with Gasteiger partial charge in [0.05, 0.1) is 30.2 Å². The normalized spacial score (nSPS) is 17.2. The van der Waals surface area contributed by atoms with Crippen LogP contribution in [0.15, 0.2) is 58.0 Å². The number of aromatic nitrogens is 2. The molecular formula is C24H27N5O2. The summed E-state index contributed by atoms with van der Waals surface area (Å²) in [4.78, 5) is 16.1. The van der Waals surface area contributed by atoms with Gasteiger partial charge in [0, 0.05) is 5.56 Å². The van der Waals surface area contributed by atoms with Gasteiger partial charge in [-0.25, -0.2) is 15.0 Å². The van der Waals surface area contributed by atoms with Crippen LogP contribution in [0.4, 0.5) is 5.69 Å². The number of rotatable bonds is 6. The second-order valence-corrected chi connectivity index (χ2v) is 7.61. The molecule has 1 heterocycles. The molecular weight excluding hydrogens is 390 g/mol. The number of hydrogen-bond donors (Lipinski definition) is 2. The molecule has 160 valence electrons. The Hall–Kier alpha value is -3.61. The van der Waals surface area contributed by atoms with Crippen molar-refractivity contribution in [3.8, 4) is 22.9 Å². The topological polar surface area (TPSA) is 97.9 Å². The SMILES string of the molecule is COc1ccc(-c2nc3ccc(N=CN=CN)cc3[nH]2)cc1OC1C=C(C)CCCC1. The van der Waals surface area contributed by atoms with Crippen LogP contribution in [-0.4, -0.2) is 35.9 Å². The molecule has 0 aliphatic heterocycles. The fourth-order valence-electron chi connectivity index (χ4n) is 3.76. The second-order valence-electron chi connectivity index (χ2n) is 7.61. The molecule has 1 aromatic heterocycles. The summed E-state index contributed by atoms with van der Waals surface area (Å²) >= 11 is 0. The molecule has 1 aliphatic carbocycles. The first-order valence-corrected chi connectivity index (χ1v) is 10.4. The summed E-state index contributed by atoms with van der Waals surface area (Å²) in [6.45, 7) is 2.17. The van der Waals surface area contributed by atoms with Gasteiger partial charge in [0.15, 0.2) is 11.5 Å². The first kappa shape index (κ1) is 20.7. The van der Waals surface area contributed by atoms with Crippen molar-refractivity contribution in [2.24, 2.45) is 15.7 Å². The number of aliphatic imine (C=N–C) groups is 2. The molecule has 0 saturated carbocycles. The first-order valence-electron chi connectivity index (χ1n) is 10.4. The molecule has 7 heteroatoms. The van der Waals surface area contributed by atoms with Crippen LogP contribution in [0.2, 0.25) is 0 Å². The molecule has 4 rings (SSSR count). The first-order chi connectivity index (χ1) is 15.2. The van der Waals surface area contributed by atoms with E-state index in [0.29, 0.717) is 5.75 Å². The summed E-state index contributed by atoms with van der Waals surface area (Å²) in [5.74, 6) is 2.20. The Labute approximate surface area is 181 Å². The van der Waals surface area contributed by atoms with Crippen molar-refractivity contribution in [2.45, 2.75) is 38.7 Å². The molecule has 1 atom stereocenters. The average molecular weight is 418 g/mol. The van der Waals surface area contributed by atoms with E-state index >= 15 is 0 Å². The highest BCUT2D eigenvalue weighted by atomic mass is 16.5. The summed E-state index contributed by atoms with van der Waals surface area (Å²) in [5, 5.41) is 0. The van der Waals surface area contributed by atoms with Gasteiger partial charge in [-0.1, -0.05) is 5.57 Å². The van der Waals surface area contributed by atoms with Crippen LogP contribution in [0.1, 0.15) is 32.6 Å². The van der Waals surface area contributed by atoms with Gasteiger partial charge in [-0.15, -0.1) is 0 Å². The maximum absolute atomic E-state index is 6.35. The molecule has 3 aromatic rings. The number of allylic oxidation sites excluding steroid dienone is 1. The smallest absolute Gasteiger partial charge is 0.162 e. The zero-order valence-corrected chi connectivity index (χ0v) is 17.8. The Morgan fingerprint density at radius 2 is 2.06 bits per heavy atom. The van der Waals surface area contributed by atoms with E-state index in [1.807, 2.05) is 36.4 Å². The molecule has 0 fully saturated rings. The van der Waals surface area contributed by atoms with Crippen LogP contribution < -0.4 is 15.2 Å². The van der Waals surface area contributed by atoms with Crippen molar-refractivity contribution in [1.82, 2.24) is 9.97 Å². The molecule has 1 aliphatic rings. The lowest BCUT2D eigenvalue weighted by atomic mass is 10.1. The third-order valence-corrected chi connectivity index (χ3v) is 5.32. The van der Waals surface area contributed by atoms with Crippen molar-refractivity contribution >= 4 is 29.4 Å². The summed E-state index contributed by atoms with van der Waals surface area (Å²) in [7, 11) is 1.66. The van der Waals surface area contributed by atoms with Crippen molar-refractivity contribution in [3.63, 3.8) is 0 Å². The van der Waals surface area contributed by atoms with E-state index in [1.165, 1.54) is 24.7 Å². The molecule has 0 radical (unpaired) electrons. The summed E-state index contributed by atoms with van der Waals surface area (Å²) < 4.78 is 11.9. The number of hydrogen-bond acceptors (Lipinski definition) is 4. The average Bonchev–Trinajstić information content (AvgIpc) is 3.09. The minimum atomic E-state index is 0.0546. The second kappa shape index (κ2) is 9.47. The molecule has 0 amide bonds. The maximum Gasteiger partial charge on any atom is 0.162 e. The lowest BCUT2D eigenvalue weighted by molar-refractivity contribution is 0.225. The zero-order valence-electron chi connectivity index (χ0n) is 17.8. The molecule has 2 aromatic carbocycles. The highest BCUT2D eigenvalue weighted by Gasteiger charge is 2.16. The number of nitrogens with zero attached hydrogens (tertiary/aromatic N) is 3. The maximum atomic E-state index is 6.35. The number of aromatic amines is 1. The predicted octanol–water partition coefficient (Wildman–Crippen LogP) is 5.15. The van der Waals surface area contributed by atoms with Crippen LogP contribution in [0.3, 0.4) is 0 Å². The molecule has 7 nitrogen and oxygen atoms in total. The Kier molecular flexibility index (Phi) is 6.31. The Morgan fingerprint density at radius 1 is 1.16 bits per heavy atom. The lowest BCUT2D eigenvalue weighted by Gasteiger charge is -2.18. The quantitative estimate of drug-likeness (QED) is 0.329. The predicted molar refractivity (Wildman–Crippen MR) is 126 cm³/mol. The van der Waals surface area contributed by atoms with Gasteiger partial charge in [-0.2, -0.15) is 0 Å². The van der Waals surface area contributed by atoms with Gasteiger partial charge in [0.1, 0.15) is 18.3 Å². The fourth-order valence-corrected chi connectivity index (χ4v) is 3.76. The Bertz CT molecular complexity index is 1150. The van der Waals surface area contributed by atoms with E-state index in [1.54, 1.807) is 7.11 Å². The highest BCUT2D eigenvalue weighted by Crippen LogP contribution is 2.34. The Morgan fingerprint density at radius 3 is 2.90 bits per heavy atom. The molecule has 31 heavy (non-hydrogen) atoms. The van der Waals surface area contributed by atoms with Crippen molar-refractivity contribution in [3.05, 3.63) is 48.0 Å². The largest absolute Gasteiger partial charge is 0.493 e. The van der Waals surface area contributed by atoms with E-state index in [9.17, 15) is 0 Å². The number of imidazole rings is 1.